The first-order chi connectivity index (χ1) is 17.0. The monoisotopic (exact) mass is 564 g/mol. The van der Waals surface area contributed by atoms with E-state index < -0.39 is 59.8 Å². The fourth-order valence-electron chi connectivity index (χ4n) is 3.29. The molecule has 0 aromatic rings. The number of thioether (sulfide) groups is 1. The molecule has 5 atom stereocenters. The zero-order valence-electron chi connectivity index (χ0n) is 19.7. The first-order valence-electron chi connectivity index (χ1n) is 11.1. The standard InChI is InChI=1S/C19H32N8O6S3/c1-9-17(31)27-8-34-7-13(27)16(30)26-12(18(32)33)6-36-35-5-11(15(29)24-9)25-14(28)10(20)3-2-4-23-19(21)22/h9-13H,2-8,20H2,1H3,(H,24,29)(H,25,28)(H,26,30)(H,32,33)(H4,21,22,23)/t9-,10-,11-,12-,13?/m0/s1. The van der Waals surface area contributed by atoms with Crippen LogP contribution in [0.1, 0.15) is 19.8 Å². The Morgan fingerprint density at radius 3 is 2.53 bits per heavy atom. The van der Waals surface area contributed by atoms with E-state index in [0.29, 0.717) is 18.7 Å². The third-order valence-electron chi connectivity index (χ3n) is 5.30. The van der Waals surface area contributed by atoms with Gasteiger partial charge in [0.1, 0.15) is 24.2 Å². The molecule has 2 aliphatic rings. The molecule has 0 spiro atoms. The third-order valence-corrected chi connectivity index (χ3v) is 8.74. The number of carbonyl (C=O) groups excluding carboxylic acids is 4. The summed E-state index contributed by atoms with van der Waals surface area (Å²) < 4.78 is 0. The van der Waals surface area contributed by atoms with E-state index in [1.54, 1.807) is 0 Å². The van der Waals surface area contributed by atoms with Gasteiger partial charge >= 0.3 is 5.97 Å². The number of amides is 4. The van der Waals surface area contributed by atoms with Crippen molar-refractivity contribution in [2.24, 2.45) is 22.2 Å². The van der Waals surface area contributed by atoms with E-state index in [0.717, 1.165) is 21.6 Å². The Morgan fingerprint density at radius 1 is 1.17 bits per heavy atom. The highest BCUT2D eigenvalue weighted by Crippen LogP contribution is 2.25. The van der Waals surface area contributed by atoms with Crippen molar-refractivity contribution >= 4 is 68.9 Å². The van der Waals surface area contributed by atoms with Crippen LogP contribution in [0.5, 0.6) is 0 Å². The average molecular weight is 565 g/mol. The van der Waals surface area contributed by atoms with Crippen LogP contribution >= 0.6 is 33.3 Å². The van der Waals surface area contributed by atoms with Crippen molar-refractivity contribution in [3.8, 4) is 0 Å². The molecule has 2 rings (SSSR count). The minimum Gasteiger partial charge on any atom is -0.480 e. The quantitative estimate of drug-likeness (QED) is 0.0720. The van der Waals surface area contributed by atoms with Gasteiger partial charge in [-0.1, -0.05) is 21.6 Å². The average Bonchev–Trinajstić information content (AvgIpc) is 3.31. The van der Waals surface area contributed by atoms with Gasteiger partial charge in [-0.3, -0.25) is 24.2 Å². The molecule has 14 nitrogen and oxygen atoms in total. The number of nitrogens with two attached hydrogens (primary N) is 3. The normalized spacial score (nSPS) is 26.6. The molecule has 17 heteroatoms. The number of hydrogen-bond donors (Lipinski definition) is 7. The highest BCUT2D eigenvalue weighted by molar-refractivity contribution is 8.76. The molecule has 36 heavy (non-hydrogen) atoms. The van der Waals surface area contributed by atoms with Gasteiger partial charge in [-0.25, -0.2) is 4.79 Å². The zero-order chi connectivity index (χ0) is 26.8. The molecule has 4 amide bonds. The Balaban J connectivity index is 2.12. The lowest BCUT2D eigenvalue weighted by Crippen LogP contribution is -2.58. The summed E-state index contributed by atoms with van der Waals surface area (Å²) in [5.74, 6) is -2.83. The minimum atomic E-state index is -1.21. The number of guanidine groups is 1. The number of hydrogen-bond acceptors (Lipinski definition) is 10. The van der Waals surface area contributed by atoms with Gasteiger partial charge in [0.25, 0.3) is 0 Å². The molecule has 0 saturated carbocycles. The predicted molar refractivity (Wildman–Crippen MR) is 140 cm³/mol. The number of nitrogens with zero attached hydrogens (tertiary/aromatic N) is 2. The molecule has 202 valence electrons. The summed E-state index contributed by atoms with van der Waals surface area (Å²) in [4.78, 5) is 68.1. The Labute approximate surface area is 220 Å². The number of nitrogens with one attached hydrogen (secondary N) is 3. The molecule has 10 N–H and O–H groups in total. The predicted octanol–water partition coefficient (Wildman–Crippen LogP) is -2.78. The molecule has 0 bridgehead atoms. The van der Waals surface area contributed by atoms with Crippen molar-refractivity contribution in [3.05, 3.63) is 0 Å². The second-order valence-electron chi connectivity index (χ2n) is 8.14. The number of rotatable bonds is 7. The lowest BCUT2D eigenvalue weighted by Gasteiger charge is -2.29. The summed E-state index contributed by atoms with van der Waals surface area (Å²) in [5, 5.41) is 17.2. The van der Waals surface area contributed by atoms with Gasteiger partial charge in [-0.15, -0.1) is 11.8 Å². The Bertz CT molecular complexity index is 874. The summed E-state index contributed by atoms with van der Waals surface area (Å²) in [6.07, 6.45) is 0.735. The summed E-state index contributed by atoms with van der Waals surface area (Å²) in [5.41, 5.74) is 16.5. The van der Waals surface area contributed by atoms with Gasteiger partial charge in [0.05, 0.1) is 11.9 Å². The summed E-state index contributed by atoms with van der Waals surface area (Å²) >= 11 is 1.35. The molecular weight excluding hydrogens is 532 g/mol. The van der Waals surface area contributed by atoms with Crippen molar-refractivity contribution < 1.29 is 29.1 Å². The van der Waals surface area contributed by atoms with Crippen LogP contribution in [-0.2, 0) is 24.0 Å². The van der Waals surface area contributed by atoms with Crippen LogP contribution in [0.15, 0.2) is 4.99 Å². The highest BCUT2D eigenvalue weighted by atomic mass is 33.1. The number of carbonyl (C=O) groups is 5. The van der Waals surface area contributed by atoms with Crippen LogP contribution in [0.3, 0.4) is 0 Å². The van der Waals surface area contributed by atoms with E-state index in [9.17, 15) is 29.1 Å². The highest BCUT2D eigenvalue weighted by Gasteiger charge is 2.39. The molecule has 2 heterocycles. The third kappa shape index (κ3) is 8.94. The molecule has 0 radical (unpaired) electrons. The lowest BCUT2D eigenvalue weighted by atomic mass is 10.1. The van der Waals surface area contributed by atoms with Crippen molar-refractivity contribution in [1.82, 2.24) is 20.9 Å². The van der Waals surface area contributed by atoms with Gasteiger partial charge in [0.2, 0.25) is 23.6 Å². The molecular formula is C19H32N8O6S3. The molecule has 0 aliphatic carbocycles. The minimum absolute atomic E-state index is 0.0164. The van der Waals surface area contributed by atoms with Crippen LogP contribution < -0.4 is 33.2 Å². The zero-order valence-corrected chi connectivity index (χ0v) is 22.1. The SMILES string of the molecule is C[C@@H]1NC(=O)[C@@H](NC(=O)[C@@H](N)CCCN=C(N)N)CSSC[C@@H](C(=O)O)NC(=O)C2CSCN2C1=O. The Kier molecular flexibility index (Phi) is 11.9. The van der Waals surface area contributed by atoms with E-state index in [1.165, 1.54) is 23.6 Å². The van der Waals surface area contributed by atoms with Gasteiger partial charge in [0, 0.05) is 23.8 Å². The van der Waals surface area contributed by atoms with Crippen molar-refractivity contribution in [3.63, 3.8) is 0 Å². The summed E-state index contributed by atoms with van der Waals surface area (Å²) in [7, 11) is 2.29. The van der Waals surface area contributed by atoms with E-state index in [4.69, 9.17) is 17.2 Å². The van der Waals surface area contributed by atoms with Crippen LogP contribution in [0.4, 0.5) is 0 Å². The maximum Gasteiger partial charge on any atom is 0.327 e. The second kappa shape index (κ2) is 14.4. The van der Waals surface area contributed by atoms with Crippen LogP contribution in [0.2, 0.25) is 0 Å². The van der Waals surface area contributed by atoms with Crippen molar-refractivity contribution in [1.29, 1.82) is 0 Å². The van der Waals surface area contributed by atoms with E-state index in [2.05, 4.69) is 20.9 Å². The number of carboxylic acids is 1. The van der Waals surface area contributed by atoms with E-state index in [-0.39, 0.29) is 29.8 Å². The van der Waals surface area contributed by atoms with Gasteiger partial charge in [0.15, 0.2) is 5.96 Å². The number of aliphatic carboxylic acids is 1. The van der Waals surface area contributed by atoms with Gasteiger partial charge in [-0.05, 0) is 19.8 Å². The largest absolute Gasteiger partial charge is 0.480 e. The molecule has 2 aliphatic heterocycles. The van der Waals surface area contributed by atoms with E-state index >= 15 is 0 Å². The molecule has 0 aromatic carbocycles. The van der Waals surface area contributed by atoms with Crippen LogP contribution in [-0.4, -0.2) is 105 Å². The van der Waals surface area contributed by atoms with Gasteiger partial charge < -0.3 is 43.2 Å². The lowest BCUT2D eigenvalue weighted by molar-refractivity contribution is -0.144. The molecule has 0 aromatic heterocycles. The van der Waals surface area contributed by atoms with Crippen molar-refractivity contribution in [2.75, 3.05) is 29.7 Å². The topological polar surface area (TPSA) is 235 Å². The fraction of sp³-hybridized carbons (Fsp3) is 0.684. The summed E-state index contributed by atoms with van der Waals surface area (Å²) in [6, 6.07) is -4.95. The van der Waals surface area contributed by atoms with Gasteiger partial charge in [-0.2, -0.15) is 0 Å². The number of fused-ring (bicyclic) bond motifs is 1. The van der Waals surface area contributed by atoms with Crippen molar-refractivity contribution in [2.45, 2.75) is 50.0 Å². The number of carboxylic acid groups (broad SMARTS) is 1. The number of aliphatic imine (C=N–C) groups is 1. The Morgan fingerprint density at radius 2 is 1.86 bits per heavy atom. The van der Waals surface area contributed by atoms with E-state index in [1.807, 2.05) is 0 Å². The second-order valence-corrected chi connectivity index (χ2v) is 11.7. The fourth-order valence-corrected chi connectivity index (χ4v) is 6.77. The molecule has 2 fully saturated rings. The maximum atomic E-state index is 13.0. The van der Waals surface area contributed by atoms with Crippen LogP contribution in [0, 0.1) is 0 Å². The molecule has 2 saturated heterocycles. The van der Waals surface area contributed by atoms with Crippen LogP contribution in [0.25, 0.3) is 0 Å². The first-order valence-corrected chi connectivity index (χ1v) is 14.7. The maximum absolute atomic E-state index is 13.0. The Hall–Kier alpha value is -2.37. The first kappa shape index (κ1) is 29.9. The molecule has 1 unspecified atom stereocenters. The smallest absolute Gasteiger partial charge is 0.327 e. The summed E-state index contributed by atoms with van der Waals surface area (Å²) in [6.45, 7) is 1.79.